The van der Waals surface area contributed by atoms with Crippen LogP contribution >= 0.6 is 11.6 Å². The van der Waals surface area contributed by atoms with Gasteiger partial charge in [-0.2, -0.15) is 5.10 Å². The minimum absolute atomic E-state index is 0.591. The van der Waals surface area contributed by atoms with E-state index in [0.29, 0.717) is 22.2 Å². The smallest absolute Gasteiger partial charge is 0.181 e. The van der Waals surface area contributed by atoms with Gasteiger partial charge in [-0.15, -0.1) is 0 Å². The molecule has 0 fully saturated rings. The molecule has 0 unspecified atom stereocenters. The molecule has 0 saturated heterocycles. The number of imidazole rings is 1. The second-order valence-corrected chi connectivity index (χ2v) is 7.82. The van der Waals surface area contributed by atoms with Gasteiger partial charge in [0.25, 0.3) is 0 Å². The van der Waals surface area contributed by atoms with Gasteiger partial charge in [0.05, 0.1) is 28.3 Å². The third kappa shape index (κ3) is 3.05. The number of aromatic amines is 2. The van der Waals surface area contributed by atoms with Crippen LogP contribution in [-0.4, -0.2) is 35.1 Å². The molecule has 8 nitrogen and oxygen atoms in total. The number of pyridine rings is 3. The monoisotopic (exact) mass is 438 g/mol. The molecule has 6 aromatic rings. The van der Waals surface area contributed by atoms with Gasteiger partial charge < -0.3 is 10.7 Å². The van der Waals surface area contributed by atoms with Crippen molar-refractivity contribution in [1.29, 1.82) is 0 Å². The fraction of sp³-hybridized carbons (Fsp3) is 0. The highest BCUT2D eigenvalue weighted by molar-refractivity contribution is 6.30. The van der Waals surface area contributed by atoms with Crippen molar-refractivity contribution in [1.82, 2.24) is 35.1 Å². The molecule has 154 valence electrons. The van der Waals surface area contributed by atoms with Gasteiger partial charge in [-0.3, -0.25) is 15.1 Å². The van der Waals surface area contributed by atoms with Crippen molar-refractivity contribution in [3.05, 3.63) is 72.4 Å². The van der Waals surface area contributed by atoms with Gasteiger partial charge in [-0.25, -0.2) is 9.97 Å². The van der Waals surface area contributed by atoms with E-state index in [9.17, 15) is 0 Å². The molecule has 6 rings (SSSR count). The summed E-state index contributed by atoms with van der Waals surface area (Å²) in [5.74, 6) is 0.642. The van der Waals surface area contributed by atoms with Crippen LogP contribution in [0.5, 0.6) is 0 Å². The normalized spacial score (nSPS) is 11.4. The number of rotatable bonds is 3. The van der Waals surface area contributed by atoms with E-state index in [1.54, 1.807) is 31.0 Å². The molecular formula is C23H15ClN8. The van der Waals surface area contributed by atoms with Crippen molar-refractivity contribution >= 4 is 39.4 Å². The lowest BCUT2D eigenvalue weighted by Crippen LogP contribution is -1.89. The van der Waals surface area contributed by atoms with Crippen LogP contribution in [0.3, 0.4) is 0 Å². The molecule has 4 N–H and O–H groups in total. The van der Waals surface area contributed by atoms with E-state index in [1.165, 1.54) is 0 Å². The van der Waals surface area contributed by atoms with Gasteiger partial charge in [-0.05, 0) is 29.8 Å². The number of anilines is 1. The zero-order valence-corrected chi connectivity index (χ0v) is 17.3. The molecule has 0 aliphatic heterocycles. The SMILES string of the molecule is Nc1cncc(-c2cnc3n[nH]c(-c4nc5c(-c6cccc(Cl)c6)cncc5[nH]4)c3c2)c1. The summed E-state index contributed by atoms with van der Waals surface area (Å²) < 4.78 is 0. The van der Waals surface area contributed by atoms with E-state index in [2.05, 4.69) is 30.1 Å². The van der Waals surface area contributed by atoms with Crippen LogP contribution in [0.25, 0.3) is 55.8 Å². The summed E-state index contributed by atoms with van der Waals surface area (Å²) in [7, 11) is 0. The highest BCUT2D eigenvalue weighted by atomic mass is 35.5. The quantitative estimate of drug-likeness (QED) is 0.362. The van der Waals surface area contributed by atoms with E-state index in [0.717, 1.165) is 44.4 Å². The van der Waals surface area contributed by atoms with Gasteiger partial charge in [0, 0.05) is 46.5 Å². The molecule has 0 radical (unpaired) electrons. The Hall–Kier alpha value is -4.30. The van der Waals surface area contributed by atoms with Gasteiger partial charge >= 0.3 is 0 Å². The van der Waals surface area contributed by atoms with Gasteiger partial charge in [0.2, 0.25) is 0 Å². The summed E-state index contributed by atoms with van der Waals surface area (Å²) in [6, 6.07) is 11.5. The molecule has 0 bridgehead atoms. The fourth-order valence-electron chi connectivity index (χ4n) is 3.77. The Morgan fingerprint density at radius 3 is 2.62 bits per heavy atom. The summed E-state index contributed by atoms with van der Waals surface area (Å²) in [5, 5.41) is 8.89. The molecule has 32 heavy (non-hydrogen) atoms. The maximum absolute atomic E-state index is 6.19. The number of H-pyrrole nitrogens is 2. The molecule has 5 aromatic heterocycles. The van der Waals surface area contributed by atoms with E-state index in [-0.39, 0.29) is 0 Å². The average molecular weight is 439 g/mol. The number of aromatic nitrogens is 7. The van der Waals surface area contributed by atoms with Crippen molar-refractivity contribution in [2.24, 2.45) is 0 Å². The van der Waals surface area contributed by atoms with Gasteiger partial charge in [0.15, 0.2) is 11.5 Å². The van der Waals surface area contributed by atoms with E-state index < -0.39 is 0 Å². The number of nitrogens with two attached hydrogens (primary N) is 1. The Kier molecular flexibility index (Phi) is 4.12. The number of nitrogens with one attached hydrogen (secondary N) is 2. The molecular weight excluding hydrogens is 424 g/mol. The predicted octanol–water partition coefficient (Wildman–Crippen LogP) is 4.86. The molecule has 0 atom stereocenters. The molecule has 0 aliphatic rings. The second kappa shape index (κ2) is 7.14. The maximum Gasteiger partial charge on any atom is 0.181 e. The van der Waals surface area contributed by atoms with E-state index in [4.69, 9.17) is 22.3 Å². The number of halogens is 1. The highest BCUT2D eigenvalue weighted by Gasteiger charge is 2.16. The lowest BCUT2D eigenvalue weighted by Gasteiger charge is -2.02. The number of nitrogens with zero attached hydrogens (tertiary/aromatic N) is 5. The number of hydrogen-bond acceptors (Lipinski definition) is 6. The molecule has 5 heterocycles. The third-order valence-corrected chi connectivity index (χ3v) is 5.50. The van der Waals surface area contributed by atoms with Gasteiger partial charge in [0.1, 0.15) is 5.69 Å². The van der Waals surface area contributed by atoms with Crippen molar-refractivity contribution in [2.45, 2.75) is 0 Å². The van der Waals surface area contributed by atoms with E-state index >= 15 is 0 Å². The van der Waals surface area contributed by atoms with Crippen molar-refractivity contribution < 1.29 is 0 Å². The molecule has 9 heteroatoms. The average Bonchev–Trinajstić information content (AvgIpc) is 3.42. The number of hydrogen-bond donors (Lipinski definition) is 3. The summed E-state index contributed by atoms with van der Waals surface area (Å²) in [5.41, 5.74) is 13.0. The van der Waals surface area contributed by atoms with Crippen LogP contribution in [0.15, 0.2) is 67.4 Å². The Morgan fingerprint density at radius 2 is 1.75 bits per heavy atom. The first-order chi connectivity index (χ1) is 15.7. The maximum atomic E-state index is 6.19. The van der Waals surface area contributed by atoms with Crippen molar-refractivity contribution in [3.63, 3.8) is 0 Å². The molecule has 0 aliphatic carbocycles. The second-order valence-electron chi connectivity index (χ2n) is 7.38. The molecule has 0 spiro atoms. The third-order valence-electron chi connectivity index (χ3n) is 5.27. The lowest BCUT2D eigenvalue weighted by atomic mass is 10.1. The number of nitrogen functional groups attached to an aromatic ring is 1. The molecule has 0 saturated carbocycles. The fourth-order valence-corrected chi connectivity index (χ4v) is 3.96. The first-order valence-electron chi connectivity index (χ1n) is 9.81. The van der Waals surface area contributed by atoms with Crippen LogP contribution in [0.2, 0.25) is 5.02 Å². The number of benzene rings is 1. The first-order valence-corrected chi connectivity index (χ1v) is 10.2. The van der Waals surface area contributed by atoms with Gasteiger partial charge in [-0.1, -0.05) is 23.7 Å². The van der Waals surface area contributed by atoms with Crippen LogP contribution < -0.4 is 5.73 Å². The zero-order valence-electron chi connectivity index (χ0n) is 16.5. The Balaban J connectivity index is 1.51. The molecule has 1 aromatic carbocycles. The van der Waals surface area contributed by atoms with Crippen molar-refractivity contribution in [2.75, 3.05) is 5.73 Å². The summed E-state index contributed by atoms with van der Waals surface area (Å²) in [6.45, 7) is 0. The minimum atomic E-state index is 0.591. The van der Waals surface area contributed by atoms with Crippen LogP contribution in [-0.2, 0) is 0 Å². The van der Waals surface area contributed by atoms with Crippen LogP contribution in [0.1, 0.15) is 0 Å². The Labute approximate surface area is 186 Å². The summed E-state index contributed by atoms with van der Waals surface area (Å²) in [6.07, 6.45) is 8.65. The standard InChI is InChI=1S/C23H15ClN8/c24-15-3-1-2-12(4-15)18-10-27-11-19-20(18)30-23(29-19)21-17-6-14(8-28-22(17)32-31-21)13-5-16(25)9-26-7-13/h1-11H,25H2,(H,29,30)(H,28,31,32). The summed E-state index contributed by atoms with van der Waals surface area (Å²) in [4.78, 5) is 21.2. The minimum Gasteiger partial charge on any atom is -0.397 e. The molecule has 0 amide bonds. The zero-order chi connectivity index (χ0) is 21.7. The van der Waals surface area contributed by atoms with E-state index in [1.807, 2.05) is 36.4 Å². The number of fused-ring (bicyclic) bond motifs is 2. The largest absolute Gasteiger partial charge is 0.397 e. The van der Waals surface area contributed by atoms with Crippen LogP contribution in [0.4, 0.5) is 5.69 Å². The Morgan fingerprint density at radius 1 is 0.875 bits per heavy atom. The first kappa shape index (κ1) is 18.5. The highest BCUT2D eigenvalue weighted by Crippen LogP contribution is 2.32. The lowest BCUT2D eigenvalue weighted by molar-refractivity contribution is 1.09. The summed E-state index contributed by atoms with van der Waals surface area (Å²) >= 11 is 6.19. The van der Waals surface area contributed by atoms with Crippen molar-refractivity contribution in [3.8, 4) is 33.8 Å². The Bertz CT molecular complexity index is 1620. The van der Waals surface area contributed by atoms with Crippen LogP contribution in [0, 0.1) is 0 Å². The predicted molar refractivity (Wildman–Crippen MR) is 125 cm³/mol. The topological polar surface area (TPSA) is 122 Å².